The Labute approximate surface area is 148 Å². The fourth-order valence-electron chi connectivity index (χ4n) is 3.06. The second-order valence-corrected chi connectivity index (χ2v) is 6.50. The summed E-state index contributed by atoms with van der Waals surface area (Å²) in [5, 5.41) is 11.3. The van der Waals surface area contributed by atoms with E-state index in [1.807, 2.05) is 42.5 Å². The Bertz CT molecular complexity index is 672. The molecule has 24 heavy (non-hydrogen) atoms. The van der Waals surface area contributed by atoms with Crippen LogP contribution in [0.1, 0.15) is 11.7 Å². The Morgan fingerprint density at radius 1 is 1.08 bits per heavy atom. The average Bonchev–Trinajstić information content (AvgIpc) is 2.62. The van der Waals surface area contributed by atoms with Crippen LogP contribution in [0.25, 0.3) is 0 Å². The van der Waals surface area contributed by atoms with Crippen LogP contribution in [-0.4, -0.2) is 49.8 Å². The van der Waals surface area contributed by atoms with Crippen LogP contribution in [0, 0.1) is 0 Å². The van der Waals surface area contributed by atoms with E-state index in [2.05, 4.69) is 15.9 Å². The van der Waals surface area contributed by atoms with Crippen molar-refractivity contribution in [2.24, 2.45) is 0 Å². The van der Waals surface area contributed by atoms with Gasteiger partial charge in [-0.3, -0.25) is 4.90 Å². The lowest BCUT2D eigenvalue weighted by atomic mass is 10.1. The molecule has 0 bridgehead atoms. The number of ether oxygens (including phenoxy) is 1. The first kappa shape index (κ1) is 17.1. The van der Waals surface area contributed by atoms with Gasteiger partial charge in [0.15, 0.2) is 0 Å². The third-order valence-electron chi connectivity index (χ3n) is 4.46. The number of nitrogens with zero attached hydrogens (tertiary/aromatic N) is 2. The minimum absolute atomic E-state index is 0.502. The highest BCUT2D eigenvalue weighted by atomic mass is 35.5. The van der Waals surface area contributed by atoms with E-state index < -0.39 is 6.10 Å². The van der Waals surface area contributed by atoms with Gasteiger partial charge in [-0.25, -0.2) is 0 Å². The molecule has 0 amide bonds. The van der Waals surface area contributed by atoms with Crippen LogP contribution in [0.15, 0.2) is 48.5 Å². The molecule has 0 aliphatic carbocycles. The number of hydrogen-bond acceptors (Lipinski definition) is 4. The average molecular weight is 347 g/mol. The quantitative estimate of drug-likeness (QED) is 0.902. The topological polar surface area (TPSA) is 35.9 Å². The van der Waals surface area contributed by atoms with Crippen molar-refractivity contribution in [1.29, 1.82) is 0 Å². The summed E-state index contributed by atoms with van der Waals surface area (Å²) in [6.07, 6.45) is -0.502. The zero-order chi connectivity index (χ0) is 16.9. The maximum atomic E-state index is 10.5. The number of benzene rings is 2. The van der Waals surface area contributed by atoms with Gasteiger partial charge in [-0.05, 0) is 35.9 Å². The molecule has 1 fully saturated rings. The summed E-state index contributed by atoms with van der Waals surface area (Å²) in [5.41, 5.74) is 2.06. The first-order chi connectivity index (χ1) is 11.7. The highest BCUT2D eigenvalue weighted by Crippen LogP contribution is 2.23. The fraction of sp³-hybridized carbons (Fsp3) is 0.368. The number of aliphatic hydroxyl groups excluding tert-OH is 1. The zero-order valence-electron chi connectivity index (χ0n) is 13.9. The normalized spacial score (nSPS) is 16.9. The molecule has 0 spiro atoms. The SMILES string of the molecule is COc1cccc([C@@H](O)CN2CCN(c3cccc(Cl)c3)CC2)c1. The maximum absolute atomic E-state index is 10.5. The van der Waals surface area contributed by atoms with Crippen LogP contribution >= 0.6 is 11.6 Å². The highest BCUT2D eigenvalue weighted by molar-refractivity contribution is 6.30. The number of piperazine rings is 1. The Kier molecular flexibility index (Phi) is 5.61. The zero-order valence-corrected chi connectivity index (χ0v) is 14.6. The van der Waals surface area contributed by atoms with Gasteiger partial charge in [-0.15, -0.1) is 0 Å². The molecule has 0 radical (unpaired) electrons. The monoisotopic (exact) mass is 346 g/mol. The van der Waals surface area contributed by atoms with Gasteiger partial charge >= 0.3 is 0 Å². The van der Waals surface area contributed by atoms with Gasteiger partial charge in [0.05, 0.1) is 13.2 Å². The highest BCUT2D eigenvalue weighted by Gasteiger charge is 2.20. The fourth-order valence-corrected chi connectivity index (χ4v) is 3.24. The molecule has 0 saturated carbocycles. The van der Waals surface area contributed by atoms with Gasteiger partial charge in [0.1, 0.15) is 5.75 Å². The lowest BCUT2D eigenvalue weighted by Gasteiger charge is -2.37. The molecule has 2 aromatic rings. The lowest BCUT2D eigenvalue weighted by Crippen LogP contribution is -2.47. The molecule has 1 heterocycles. The van der Waals surface area contributed by atoms with Gasteiger partial charge in [0, 0.05) is 43.4 Å². The van der Waals surface area contributed by atoms with E-state index in [0.717, 1.165) is 48.2 Å². The summed E-state index contributed by atoms with van der Waals surface area (Å²) < 4.78 is 5.23. The third kappa shape index (κ3) is 4.20. The van der Waals surface area contributed by atoms with Crippen molar-refractivity contribution in [3.05, 3.63) is 59.1 Å². The number of halogens is 1. The molecule has 1 saturated heterocycles. The summed E-state index contributed by atoms with van der Waals surface area (Å²) >= 11 is 6.07. The van der Waals surface area contributed by atoms with Crippen LogP contribution < -0.4 is 9.64 Å². The molecular weight excluding hydrogens is 324 g/mol. The van der Waals surface area contributed by atoms with Gasteiger partial charge < -0.3 is 14.7 Å². The molecule has 4 nitrogen and oxygen atoms in total. The van der Waals surface area contributed by atoms with E-state index in [0.29, 0.717) is 6.54 Å². The minimum Gasteiger partial charge on any atom is -0.497 e. The van der Waals surface area contributed by atoms with Crippen molar-refractivity contribution in [2.75, 3.05) is 44.7 Å². The second-order valence-electron chi connectivity index (χ2n) is 6.06. The molecule has 2 aromatic carbocycles. The van der Waals surface area contributed by atoms with Crippen LogP contribution in [0.4, 0.5) is 5.69 Å². The number of aliphatic hydroxyl groups is 1. The van der Waals surface area contributed by atoms with Crippen molar-refractivity contribution < 1.29 is 9.84 Å². The Morgan fingerprint density at radius 2 is 1.83 bits per heavy atom. The van der Waals surface area contributed by atoms with E-state index in [-0.39, 0.29) is 0 Å². The predicted octanol–water partition coefficient (Wildman–Crippen LogP) is 3.20. The molecule has 1 aliphatic rings. The van der Waals surface area contributed by atoms with Crippen LogP contribution in [0.3, 0.4) is 0 Å². The molecule has 3 rings (SSSR count). The largest absolute Gasteiger partial charge is 0.497 e. The van der Waals surface area contributed by atoms with Gasteiger partial charge in [0.2, 0.25) is 0 Å². The van der Waals surface area contributed by atoms with Crippen molar-refractivity contribution in [3.8, 4) is 5.75 Å². The van der Waals surface area contributed by atoms with Gasteiger partial charge in [-0.1, -0.05) is 29.8 Å². The second kappa shape index (κ2) is 7.88. The molecule has 1 atom stereocenters. The van der Waals surface area contributed by atoms with Crippen LogP contribution in [0.5, 0.6) is 5.75 Å². The van der Waals surface area contributed by atoms with Crippen molar-refractivity contribution >= 4 is 17.3 Å². The van der Waals surface area contributed by atoms with Gasteiger partial charge in [-0.2, -0.15) is 0 Å². The summed E-state index contributed by atoms with van der Waals surface area (Å²) in [6.45, 7) is 4.36. The maximum Gasteiger partial charge on any atom is 0.119 e. The molecule has 1 aliphatic heterocycles. The third-order valence-corrected chi connectivity index (χ3v) is 4.69. The Balaban J connectivity index is 1.55. The number of rotatable bonds is 5. The molecular formula is C19H23ClN2O2. The van der Waals surface area contributed by atoms with Gasteiger partial charge in [0.25, 0.3) is 0 Å². The van der Waals surface area contributed by atoms with Crippen LogP contribution in [0.2, 0.25) is 5.02 Å². The Hall–Kier alpha value is -1.75. The summed E-state index contributed by atoms with van der Waals surface area (Å²) in [6, 6.07) is 15.6. The first-order valence-corrected chi connectivity index (χ1v) is 8.58. The van der Waals surface area contributed by atoms with E-state index in [9.17, 15) is 5.11 Å². The summed E-state index contributed by atoms with van der Waals surface area (Å²) in [4.78, 5) is 4.63. The van der Waals surface area contributed by atoms with Crippen LogP contribution in [-0.2, 0) is 0 Å². The number of anilines is 1. The van der Waals surface area contributed by atoms with Crippen molar-refractivity contribution in [2.45, 2.75) is 6.10 Å². The molecule has 5 heteroatoms. The van der Waals surface area contributed by atoms with E-state index in [4.69, 9.17) is 16.3 Å². The lowest BCUT2D eigenvalue weighted by molar-refractivity contribution is 0.109. The summed E-state index contributed by atoms with van der Waals surface area (Å²) in [7, 11) is 1.64. The van der Waals surface area contributed by atoms with E-state index >= 15 is 0 Å². The number of hydrogen-bond donors (Lipinski definition) is 1. The minimum atomic E-state index is -0.502. The standard InChI is InChI=1S/C19H23ClN2O2/c1-24-18-7-2-4-15(12-18)19(23)14-21-8-10-22(11-9-21)17-6-3-5-16(20)13-17/h2-7,12-13,19,23H,8-11,14H2,1H3/t19-/m0/s1. The molecule has 0 unspecified atom stereocenters. The summed E-state index contributed by atoms with van der Waals surface area (Å²) in [5.74, 6) is 0.775. The number of β-amino-alcohol motifs (C(OH)–C–C–N with tert-alkyl or cyclic N) is 1. The van der Waals surface area contributed by atoms with E-state index in [1.165, 1.54) is 0 Å². The number of methoxy groups -OCH3 is 1. The molecule has 1 N–H and O–H groups in total. The van der Waals surface area contributed by atoms with Crippen molar-refractivity contribution in [3.63, 3.8) is 0 Å². The van der Waals surface area contributed by atoms with Crippen molar-refractivity contribution in [1.82, 2.24) is 4.90 Å². The molecule has 0 aromatic heterocycles. The first-order valence-electron chi connectivity index (χ1n) is 8.20. The Morgan fingerprint density at radius 3 is 2.54 bits per heavy atom. The predicted molar refractivity (Wildman–Crippen MR) is 98.1 cm³/mol. The van der Waals surface area contributed by atoms with E-state index in [1.54, 1.807) is 7.11 Å². The molecule has 128 valence electrons. The smallest absolute Gasteiger partial charge is 0.119 e.